The molecule has 0 saturated heterocycles. The van der Waals surface area contributed by atoms with Crippen molar-refractivity contribution >= 4 is 17.7 Å². The quantitative estimate of drug-likeness (QED) is 0.427. The Balaban J connectivity index is 1.84. The summed E-state index contributed by atoms with van der Waals surface area (Å²) in [6.07, 6.45) is 1.72. The van der Waals surface area contributed by atoms with Crippen molar-refractivity contribution in [3.05, 3.63) is 47.3 Å². The molecule has 0 aliphatic carbocycles. The Hall–Kier alpha value is -1.95. The van der Waals surface area contributed by atoms with Crippen molar-refractivity contribution in [3.63, 3.8) is 0 Å². The van der Waals surface area contributed by atoms with Crippen molar-refractivity contribution in [2.45, 2.75) is 50.3 Å². The lowest BCUT2D eigenvalue weighted by Gasteiger charge is -2.16. The van der Waals surface area contributed by atoms with E-state index in [4.69, 9.17) is 4.52 Å². The smallest absolute Gasteiger partial charge is 0.191 e. The maximum atomic E-state index is 5.41. The van der Waals surface area contributed by atoms with Crippen LogP contribution in [0.2, 0.25) is 0 Å². The highest BCUT2D eigenvalue weighted by Crippen LogP contribution is 2.22. The van der Waals surface area contributed by atoms with E-state index in [2.05, 4.69) is 65.8 Å². The van der Waals surface area contributed by atoms with Gasteiger partial charge in [0.15, 0.2) is 5.96 Å². The van der Waals surface area contributed by atoms with Crippen molar-refractivity contribution in [1.82, 2.24) is 15.8 Å². The third kappa shape index (κ3) is 5.81. The summed E-state index contributed by atoms with van der Waals surface area (Å²) in [5.41, 5.74) is 2.17. The molecule has 6 heteroatoms. The lowest BCUT2D eigenvalue weighted by atomic mass is 10.1. The number of hydrogen-bond donors (Lipinski definition) is 2. The van der Waals surface area contributed by atoms with Gasteiger partial charge in [-0.1, -0.05) is 44.1 Å². The van der Waals surface area contributed by atoms with Gasteiger partial charge in [-0.3, -0.25) is 4.99 Å². The van der Waals surface area contributed by atoms with Gasteiger partial charge in [-0.2, -0.15) is 0 Å². The lowest BCUT2D eigenvalue weighted by Crippen LogP contribution is -2.39. The minimum absolute atomic E-state index is 0.439. The molecule has 2 aromatic rings. The summed E-state index contributed by atoms with van der Waals surface area (Å²) >= 11 is 1.85. The fourth-order valence-corrected chi connectivity index (χ4v) is 3.49. The van der Waals surface area contributed by atoms with Gasteiger partial charge in [0, 0.05) is 42.3 Å². The van der Waals surface area contributed by atoms with Crippen LogP contribution in [0.25, 0.3) is 0 Å². The van der Waals surface area contributed by atoms with Crippen molar-refractivity contribution in [2.24, 2.45) is 4.99 Å². The molecule has 2 rings (SSSR count). The maximum absolute atomic E-state index is 5.41. The fourth-order valence-electron chi connectivity index (χ4n) is 2.54. The molecule has 0 aliphatic heterocycles. The standard InChI is InChI=1S/C19H28N4OS/c1-5-17-16(18(6-2)24-23-17)13-22-19(20-4)21-12-14(3)25-15-10-8-7-9-11-15/h7-11,14H,5-6,12-13H2,1-4H3,(H2,20,21,22). The third-order valence-corrected chi connectivity index (χ3v) is 5.01. The first-order valence-electron chi connectivity index (χ1n) is 8.80. The van der Waals surface area contributed by atoms with Crippen LogP contribution in [0.1, 0.15) is 37.8 Å². The number of hydrogen-bond acceptors (Lipinski definition) is 4. The second-order valence-electron chi connectivity index (χ2n) is 5.79. The topological polar surface area (TPSA) is 62.5 Å². The largest absolute Gasteiger partial charge is 0.361 e. The number of aliphatic imine (C=N–C) groups is 1. The first-order valence-corrected chi connectivity index (χ1v) is 9.68. The van der Waals surface area contributed by atoms with Crippen LogP contribution in [0, 0.1) is 0 Å². The van der Waals surface area contributed by atoms with Gasteiger partial charge in [0.1, 0.15) is 5.76 Å². The molecular weight excluding hydrogens is 332 g/mol. The predicted molar refractivity (Wildman–Crippen MR) is 105 cm³/mol. The molecule has 0 saturated carbocycles. The van der Waals surface area contributed by atoms with Crippen LogP contribution in [0.4, 0.5) is 0 Å². The van der Waals surface area contributed by atoms with Crippen molar-refractivity contribution < 1.29 is 4.52 Å². The van der Waals surface area contributed by atoms with Gasteiger partial charge in [0.05, 0.1) is 5.69 Å². The van der Waals surface area contributed by atoms with Crippen LogP contribution >= 0.6 is 11.8 Å². The molecule has 1 unspecified atom stereocenters. The van der Waals surface area contributed by atoms with Gasteiger partial charge in [-0.05, 0) is 18.6 Å². The number of thioether (sulfide) groups is 1. The van der Waals surface area contributed by atoms with E-state index in [0.717, 1.165) is 42.4 Å². The molecule has 2 N–H and O–H groups in total. The third-order valence-electron chi connectivity index (χ3n) is 3.90. The average Bonchev–Trinajstić information content (AvgIpc) is 3.04. The van der Waals surface area contributed by atoms with E-state index in [1.807, 2.05) is 17.8 Å². The summed E-state index contributed by atoms with van der Waals surface area (Å²) in [5, 5.41) is 11.4. The lowest BCUT2D eigenvalue weighted by molar-refractivity contribution is 0.380. The second kappa shape index (κ2) is 10.1. The van der Waals surface area contributed by atoms with E-state index in [9.17, 15) is 0 Å². The van der Waals surface area contributed by atoms with E-state index >= 15 is 0 Å². The minimum atomic E-state index is 0.439. The van der Waals surface area contributed by atoms with Crippen LogP contribution in [-0.2, 0) is 19.4 Å². The summed E-state index contributed by atoms with van der Waals surface area (Å²) in [7, 11) is 1.79. The zero-order valence-electron chi connectivity index (χ0n) is 15.5. The van der Waals surface area contributed by atoms with Crippen molar-refractivity contribution in [1.29, 1.82) is 0 Å². The minimum Gasteiger partial charge on any atom is -0.361 e. The van der Waals surface area contributed by atoms with E-state index < -0.39 is 0 Å². The van der Waals surface area contributed by atoms with Gasteiger partial charge in [-0.25, -0.2) is 0 Å². The SMILES string of the molecule is CCc1noc(CC)c1CNC(=NC)NCC(C)Sc1ccccc1. The zero-order valence-corrected chi connectivity index (χ0v) is 16.3. The van der Waals surface area contributed by atoms with Crippen LogP contribution in [0.5, 0.6) is 0 Å². The molecule has 1 heterocycles. The Morgan fingerprint density at radius 2 is 1.96 bits per heavy atom. The molecule has 1 aromatic heterocycles. The summed E-state index contributed by atoms with van der Waals surface area (Å²) in [4.78, 5) is 5.59. The Morgan fingerprint density at radius 3 is 2.60 bits per heavy atom. The maximum Gasteiger partial charge on any atom is 0.191 e. The Kier molecular flexibility index (Phi) is 7.85. The van der Waals surface area contributed by atoms with Crippen LogP contribution < -0.4 is 10.6 Å². The summed E-state index contributed by atoms with van der Waals surface area (Å²) in [6.45, 7) is 7.90. The first-order chi connectivity index (χ1) is 12.2. The highest BCUT2D eigenvalue weighted by Gasteiger charge is 2.14. The first kappa shape index (κ1) is 19.4. The number of aromatic nitrogens is 1. The van der Waals surface area contributed by atoms with Crippen LogP contribution in [0.15, 0.2) is 44.7 Å². The highest BCUT2D eigenvalue weighted by molar-refractivity contribution is 8.00. The van der Waals surface area contributed by atoms with Gasteiger partial charge in [-0.15, -0.1) is 11.8 Å². The van der Waals surface area contributed by atoms with Gasteiger partial charge >= 0.3 is 0 Å². The monoisotopic (exact) mass is 360 g/mol. The number of rotatable bonds is 8. The summed E-state index contributed by atoms with van der Waals surface area (Å²) in [5.74, 6) is 1.75. The number of nitrogens with zero attached hydrogens (tertiary/aromatic N) is 2. The van der Waals surface area contributed by atoms with Crippen LogP contribution in [0.3, 0.4) is 0 Å². The molecule has 0 spiro atoms. The van der Waals surface area contributed by atoms with Gasteiger partial charge < -0.3 is 15.2 Å². The molecule has 0 bridgehead atoms. The second-order valence-corrected chi connectivity index (χ2v) is 7.30. The Morgan fingerprint density at radius 1 is 1.20 bits per heavy atom. The molecular formula is C19H28N4OS. The number of benzene rings is 1. The van der Waals surface area contributed by atoms with Gasteiger partial charge in [0.2, 0.25) is 0 Å². The molecule has 0 radical (unpaired) electrons. The molecule has 0 amide bonds. The molecule has 5 nitrogen and oxygen atoms in total. The number of nitrogens with one attached hydrogen (secondary N) is 2. The fraction of sp³-hybridized carbons (Fsp3) is 0.474. The van der Waals surface area contributed by atoms with E-state index in [1.54, 1.807) is 7.05 Å². The van der Waals surface area contributed by atoms with E-state index in [0.29, 0.717) is 11.8 Å². The molecule has 25 heavy (non-hydrogen) atoms. The summed E-state index contributed by atoms with van der Waals surface area (Å²) < 4.78 is 5.41. The van der Waals surface area contributed by atoms with Gasteiger partial charge in [0.25, 0.3) is 0 Å². The molecule has 136 valence electrons. The van der Waals surface area contributed by atoms with Crippen molar-refractivity contribution in [2.75, 3.05) is 13.6 Å². The normalized spacial score (nSPS) is 12.9. The molecule has 1 aromatic carbocycles. The summed E-state index contributed by atoms with van der Waals surface area (Å²) in [6, 6.07) is 10.5. The molecule has 1 atom stereocenters. The average molecular weight is 361 g/mol. The van der Waals surface area contributed by atoms with E-state index in [-0.39, 0.29) is 0 Å². The molecule has 0 aliphatic rings. The highest BCUT2D eigenvalue weighted by atomic mass is 32.2. The van der Waals surface area contributed by atoms with E-state index in [1.165, 1.54) is 4.90 Å². The Bertz CT molecular complexity index is 648. The molecule has 0 fully saturated rings. The number of aryl methyl sites for hydroxylation is 2. The zero-order chi connectivity index (χ0) is 18.1. The van der Waals surface area contributed by atoms with Crippen molar-refractivity contribution in [3.8, 4) is 0 Å². The van der Waals surface area contributed by atoms with Crippen LogP contribution in [-0.4, -0.2) is 30.0 Å². The predicted octanol–water partition coefficient (Wildman–Crippen LogP) is 3.65. The Labute approximate surface area is 154 Å². The number of guanidine groups is 1.